The molecule has 5 aromatic rings. The number of aromatic amines is 1. The average molecular weight is 696 g/mol. The summed E-state index contributed by atoms with van der Waals surface area (Å²) in [6.07, 6.45) is -3.67. The molecule has 2 aromatic heterocycles. The van der Waals surface area contributed by atoms with Crippen LogP contribution in [-0.2, 0) is 23.9 Å². The van der Waals surface area contributed by atoms with Crippen LogP contribution in [0.3, 0.4) is 0 Å². The number of nitrogens with one attached hydrogen (secondary N) is 2. The Morgan fingerprint density at radius 2 is 1.84 bits per heavy atom. The Hall–Kier alpha value is -5.52. The van der Waals surface area contributed by atoms with Gasteiger partial charge in [0.2, 0.25) is 0 Å². The van der Waals surface area contributed by atoms with Gasteiger partial charge in [0.05, 0.1) is 56.4 Å². The fourth-order valence-electron chi connectivity index (χ4n) is 5.19. The molecule has 0 unspecified atom stereocenters. The first-order chi connectivity index (χ1) is 24.1. The number of hydrogen-bond donors (Lipinski definition) is 2. The monoisotopic (exact) mass is 695 g/mol. The van der Waals surface area contributed by atoms with Crippen molar-refractivity contribution < 1.29 is 46.5 Å². The second-order valence-electron chi connectivity index (χ2n) is 11.1. The Kier molecular flexibility index (Phi) is 10.3. The molecular formula is C33H32F3N7O7. The SMILES string of the molecule is COCCOc1cc2c(Nc3ccc4[nH]ncc4c3)nc(-c3cccc(N(OC(=O)C(F)(F)F)C(=O)CN4CCOCC4)c3)nc2cc1OC. The Labute approximate surface area is 283 Å². The quantitative estimate of drug-likeness (QED) is 0.146. The van der Waals surface area contributed by atoms with Gasteiger partial charge in [0, 0.05) is 48.3 Å². The van der Waals surface area contributed by atoms with Crippen LogP contribution in [-0.4, -0.2) is 103 Å². The number of H-pyrrole nitrogens is 1. The van der Waals surface area contributed by atoms with E-state index in [4.69, 9.17) is 28.9 Å². The summed E-state index contributed by atoms with van der Waals surface area (Å²) < 4.78 is 61.8. The minimum Gasteiger partial charge on any atom is -0.493 e. The molecule has 3 aromatic carbocycles. The van der Waals surface area contributed by atoms with Crippen molar-refractivity contribution >= 4 is 50.9 Å². The van der Waals surface area contributed by atoms with E-state index >= 15 is 0 Å². The van der Waals surface area contributed by atoms with Crippen LogP contribution in [0.25, 0.3) is 33.2 Å². The largest absolute Gasteiger partial charge is 0.493 e. The number of methoxy groups -OCH3 is 2. The summed E-state index contributed by atoms with van der Waals surface area (Å²) >= 11 is 0. The summed E-state index contributed by atoms with van der Waals surface area (Å²) in [5.41, 5.74) is 2.12. The number of carbonyl (C=O) groups is 2. The maximum atomic E-state index is 13.3. The van der Waals surface area contributed by atoms with E-state index in [1.165, 1.54) is 25.3 Å². The molecule has 1 aliphatic rings. The van der Waals surface area contributed by atoms with E-state index < -0.39 is 18.1 Å². The van der Waals surface area contributed by atoms with Crippen molar-refractivity contribution in [3.8, 4) is 22.9 Å². The molecule has 0 saturated carbocycles. The molecule has 0 radical (unpaired) electrons. The van der Waals surface area contributed by atoms with Gasteiger partial charge in [0.1, 0.15) is 12.4 Å². The topological polar surface area (TPSA) is 153 Å². The number of morpholine rings is 1. The number of ether oxygens (including phenoxy) is 4. The lowest BCUT2D eigenvalue weighted by atomic mass is 10.1. The number of hydroxylamine groups is 1. The lowest BCUT2D eigenvalue weighted by Crippen LogP contribution is -2.46. The van der Waals surface area contributed by atoms with E-state index in [0.717, 1.165) is 10.9 Å². The molecule has 3 heterocycles. The van der Waals surface area contributed by atoms with Crippen LogP contribution in [0.2, 0.25) is 0 Å². The summed E-state index contributed by atoms with van der Waals surface area (Å²) in [6.45, 7) is 1.74. The van der Waals surface area contributed by atoms with Gasteiger partial charge in [-0.05, 0) is 36.4 Å². The van der Waals surface area contributed by atoms with Gasteiger partial charge < -0.3 is 29.1 Å². The maximum absolute atomic E-state index is 13.3. The van der Waals surface area contributed by atoms with E-state index in [0.29, 0.717) is 77.4 Å². The number of hydrogen-bond acceptors (Lipinski definition) is 12. The molecule has 262 valence electrons. The van der Waals surface area contributed by atoms with Crippen molar-refractivity contribution in [3.05, 3.63) is 60.8 Å². The summed E-state index contributed by atoms with van der Waals surface area (Å²) in [5, 5.41) is 12.1. The van der Waals surface area contributed by atoms with Gasteiger partial charge in [-0.2, -0.15) is 18.3 Å². The molecule has 0 atom stereocenters. The highest BCUT2D eigenvalue weighted by Crippen LogP contribution is 2.37. The van der Waals surface area contributed by atoms with Crippen molar-refractivity contribution in [2.45, 2.75) is 6.18 Å². The molecule has 0 bridgehead atoms. The Morgan fingerprint density at radius 3 is 2.60 bits per heavy atom. The standard InChI is InChI=1S/C33H32F3N7O7/c1-46-12-13-49-28-16-24-26(17-27(28)47-2)39-30(40-31(24)38-22-6-7-25-21(14-22)18-37-41-25)20-4-3-5-23(15-20)43(50-32(45)33(34,35)36)29(44)19-42-8-10-48-11-9-42/h3-7,14-18H,8-13,19H2,1-2H3,(H,37,41)(H,38,39,40). The fourth-order valence-corrected chi connectivity index (χ4v) is 5.19. The average Bonchev–Trinajstić information content (AvgIpc) is 3.58. The van der Waals surface area contributed by atoms with Crippen molar-refractivity contribution in [2.75, 3.05) is 70.7 Å². The minimum atomic E-state index is -5.35. The van der Waals surface area contributed by atoms with Gasteiger partial charge in [0.15, 0.2) is 17.3 Å². The number of aromatic nitrogens is 4. The summed E-state index contributed by atoms with van der Waals surface area (Å²) in [5.74, 6) is -2.12. The van der Waals surface area contributed by atoms with Crippen LogP contribution in [0, 0.1) is 0 Å². The van der Waals surface area contributed by atoms with E-state index in [-0.39, 0.29) is 24.7 Å². The minimum absolute atomic E-state index is 0.138. The number of rotatable bonds is 11. The number of nitrogens with zero attached hydrogens (tertiary/aromatic N) is 5. The molecule has 50 heavy (non-hydrogen) atoms. The van der Waals surface area contributed by atoms with Crippen LogP contribution < -0.4 is 19.9 Å². The van der Waals surface area contributed by atoms with Gasteiger partial charge in [-0.25, -0.2) is 14.8 Å². The number of alkyl halides is 3. The number of fused-ring (bicyclic) bond motifs is 2. The smallest absolute Gasteiger partial charge is 0.493 e. The molecule has 14 nitrogen and oxygen atoms in total. The lowest BCUT2D eigenvalue weighted by Gasteiger charge is -2.29. The van der Waals surface area contributed by atoms with Gasteiger partial charge in [-0.1, -0.05) is 12.1 Å². The third-order valence-corrected chi connectivity index (χ3v) is 7.66. The molecule has 1 aliphatic heterocycles. The molecule has 1 saturated heterocycles. The van der Waals surface area contributed by atoms with Crippen LogP contribution >= 0.6 is 0 Å². The first-order valence-corrected chi connectivity index (χ1v) is 15.4. The third-order valence-electron chi connectivity index (χ3n) is 7.66. The second-order valence-corrected chi connectivity index (χ2v) is 11.1. The lowest BCUT2D eigenvalue weighted by molar-refractivity contribution is -0.201. The van der Waals surface area contributed by atoms with Crippen molar-refractivity contribution in [3.63, 3.8) is 0 Å². The van der Waals surface area contributed by atoms with Crippen LogP contribution in [0.15, 0.2) is 60.8 Å². The number of carbonyl (C=O) groups excluding carboxylic acids is 2. The number of benzene rings is 3. The second kappa shape index (κ2) is 14.9. The Morgan fingerprint density at radius 1 is 1.02 bits per heavy atom. The van der Waals surface area contributed by atoms with Gasteiger partial charge in [-0.3, -0.25) is 14.8 Å². The number of amides is 1. The molecular weight excluding hydrogens is 663 g/mol. The summed E-state index contributed by atoms with van der Waals surface area (Å²) in [6, 6.07) is 14.8. The number of anilines is 3. The van der Waals surface area contributed by atoms with Crippen molar-refractivity contribution in [2.24, 2.45) is 0 Å². The van der Waals surface area contributed by atoms with Crippen LogP contribution in [0.4, 0.5) is 30.4 Å². The molecule has 17 heteroatoms. The van der Waals surface area contributed by atoms with Gasteiger partial charge in [0.25, 0.3) is 5.91 Å². The Balaban J connectivity index is 1.42. The normalized spacial score (nSPS) is 13.7. The van der Waals surface area contributed by atoms with E-state index in [2.05, 4.69) is 20.4 Å². The molecule has 0 aliphatic carbocycles. The van der Waals surface area contributed by atoms with E-state index in [1.807, 2.05) is 18.2 Å². The maximum Gasteiger partial charge on any atom is 0.493 e. The van der Waals surface area contributed by atoms with Crippen molar-refractivity contribution in [1.82, 2.24) is 25.1 Å². The van der Waals surface area contributed by atoms with E-state index in [1.54, 1.807) is 36.4 Å². The molecule has 2 N–H and O–H groups in total. The predicted molar refractivity (Wildman–Crippen MR) is 175 cm³/mol. The zero-order chi connectivity index (χ0) is 35.3. The highest BCUT2D eigenvalue weighted by atomic mass is 19.4. The summed E-state index contributed by atoms with van der Waals surface area (Å²) in [7, 11) is 3.05. The zero-order valence-corrected chi connectivity index (χ0v) is 27.0. The third kappa shape index (κ3) is 7.85. The summed E-state index contributed by atoms with van der Waals surface area (Å²) in [4.78, 5) is 41.2. The molecule has 1 fully saturated rings. The fraction of sp³-hybridized carbons (Fsp3) is 0.303. The van der Waals surface area contributed by atoms with Crippen LogP contribution in [0.5, 0.6) is 11.5 Å². The predicted octanol–water partition coefficient (Wildman–Crippen LogP) is 4.64. The zero-order valence-electron chi connectivity index (χ0n) is 27.0. The van der Waals surface area contributed by atoms with Crippen LogP contribution in [0.1, 0.15) is 0 Å². The Bertz CT molecular complexity index is 2000. The molecule has 6 rings (SSSR count). The van der Waals surface area contributed by atoms with Gasteiger partial charge in [-0.15, -0.1) is 5.06 Å². The molecule has 1 amide bonds. The van der Waals surface area contributed by atoms with Gasteiger partial charge >= 0.3 is 12.1 Å². The number of halogens is 3. The molecule has 0 spiro atoms. The first-order valence-electron chi connectivity index (χ1n) is 15.4. The highest BCUT2D eigenvalue weighted by Gasteiger charge is 2.44. The van der Waals surface area contributed by atoms with Crippen molar-refractivity contribution in [1.29, 1.82) is 0 Å². The first kappa shape index (κ1) is 34.3. The highest BCUT2D eigenvalue weighted by molar-refractivity contribution is 5.97. The van der Waals surface area contributed by atoms with E-state index in [9.17, 15) is 22.8 Å².